The Labute approximate surface area is 104 Å². The average Bonchev–Trinajstić information content (AvgIpc) is 2.65. The summed E-state index contributed by atoms with van der Waals surface area (Å²) in [7, 11) is 0. The smallest absolute Gasteiger partial charge is 0.164 e. The van der Waals surface area contributed by atoms with Crippen LogP contribution in [0.4, 0.5) is 8.78 Å². The molecule has 2 aromatic rings. The van der Waals surface area contributed by atoms with Crippen molar-refractivity contribution in [2.45, 2.75) is 26.8 Å². The third-order valence-corrected chi connectivity index (χ3v) is 3.05. The molecule has 96 valence electrons. The maximum atomic E-state index is 13.9. The summed E-state index contributed by atoms with van der Waals surface area (Å²) in [5, 5.41) is 0. The van der Waals surface area contributed by atoms with Crippen LogP contribution in [-0.2, 0) is 0 Å². The van der Waals surface area contributed by atoms with Gasteiger partial charge in [0.05, 0.1) is 6.04 Å². The van der Waals surface area contributed by atoms with Gasteiger partial charge in [0.25, 0.3) is 0 Å². The van der Waals surface area contributed by atoms with Crippen LogP contribution in [0.5, 0.6) is 0 Å². The van der Waals surface area contributed by atoms with Crippen molar-refractivity contribution in [3.05, 3.63) is 58.0 Å². The van der Waals surface area contributed by atoms with Crippen LogP contribution in [0, 0.1) is 32.4 Å². The quantitative estimate of drug-likeness (QED) is 0.886. The molecule has 1 aromatic carbocycles. The molecule has 0 saturated heterocycles. The maximum absolute atomic E-state index is 13.9. The van der Waals surface area contributed by atoms with E-state index in [1.165, 1.54) is 19.1 Å². The first-order valence-electron chi connectivity index (χ1n) is 5.68. The minimum Gasteiger partial charge on any atom is -0.466 e. The zero-order valence-corrected chi connectivity index (χ0v) is 10.6. The third-order valence-electron chi connectivity index (χ3n) is 3.05. The molecule has 1 unspecified atom stereocenters. The van der Waals surface area contributed by atoms with Gasteiger partial charge in [-0.05, 0) is 32.4 Å². The number of nitrogens with two attached hydrogens (primary N) is 1. The Hall–Kier alpha value is -1.68. The van der Waals surface area contributed by atoms with E-state index in [9.17, 15) is 8.78 Å². The maximum Gasteiger partial charge on any atom is 0.164 e. The van der Waals surface area contributed by atoms with E-state index >= 15 is 0 Å². The van der Waals surface area contributed by atoms with Crippen LogP contribution in [0.15, 0.2) is 22.6 Å². The highest BCUT2D eigenvalue weighted by Gasteiger charge is 2.21. The van der Waals surface area contributed by atoms with Crippen molar-refractivity contribution in [1.29, 1.82) is 0 Å². The van der Waals surface area contributed by atoms with E-state index in [-0.39, 0.29) is 11.1 Å². The van der Waals surface area contributed by atoms with Crippen molar-refractivity contribution in [3.8, 4) is 0 Å². The van der Waals surface area contributed by atoms with Gasteiger partial charge in [-0.2, -0.15) is 0 Å². The molecule has 2 nitrogen and oxygen atoms in total. The van der Waals surface area contributed by atoms with Crippen molar-refractivity contribution in [1.82, 2.24) is 0 Å². The molecule has 1 aromatic heterocycles. The van der Waals surface area contributed by atoms with Crippen molar-refractivity contribution < 1.29 is 13.2 Å². The van der Waals surface area contributed by atoms with Gasteiger partial charge in [-0.25, -0.2) is 8.78 Å². The molecular weight excluding hydrogens is 236 g/mol. The summed E-state index contributed by atoms with van der Waals surface area (Å²) in [6, 6.07) is 4.06. The Bertz CT molecular complexity index is 590. The third kappa shape index (κ3) is 2.04. The van der Waals surface area contributed by atoms with Gasteiger partial charge >= 0.3 is 0 Å². The second kappa shape index (κ2) is 4.53. The minimum atomic E-state index is -0.888. The van der Waals surface area contributed by atoms with Crippen molar-refractivity contribution in [2.75, 3.05) is 0 Å². The molecule has 0 aliphatic heterocycles. The van der Waals surface area contributed by atoms with E-state index in [1.54, 1.807) is 19.9 Å². The fourth-order valence-electron chi connectivity index (χ4n) is 2.03. The highest BCUT2D eigenvalue weighted by molar-refractivity contribution is 5.36. The fraction of sp³-hybridized carbons (Fsp3) is 0.286. The van der Waals surface area contributed by atoms with Gasteiger partial charge in [-0.3, -0.25) is 0 Å². The summed E-state index contributed by atoms with van der Waals surface area (Å²) in [5.41, 5.74) is 7.07. The molecule has 0 aliphatic carbocycles. The van der Waals surface area contributed by atoms with Crippen LogP contribution < -0.4 is 5.73 Å². The normalized spacial score (nSPS) is 12.8. The van der Waals surface area contributed by atoms with Crippen LogP contribution in [0.2, 0.25) is 0 Å². The summed E-state index contributed by atoms with van der Waals surface area (Å²) in [6.07, 6.45) is 0. The monoisotopic (exact) mass is 251 g/mol. The molecule has 18 heavy (non-hydrogen) atoms. The molecule has 0 amide bonds. The van der Waals surface area contributed by atoms with Crippen molar-refractivity contribution in [3.63, 3.8) is 0 Å². The number of rotatable bonds is 2. The van der Waals surface area contributed by atoms with Crippen LogP contribution in [-0.4, -0.2) is 0 Å². The zero-order chi connectivity index (χ0) is 13.4. The summed E-state index contributed by atoms with van der Waals surface area (Å²) < 4.78 is 32.7. The Morgan fingerprint density at radius 1 is 1.06 bits per heavy atom. The average molecular weight is 251 g/mol. The predicted octanol–water partition coefficient (Wildman–Crippen LogP) is 3.53. The predicted molar refractivity (Wildman–Crippen MR) is 65.3 cm³/mol. The Balaban J connectivity index is 2.49. The van der Waals surface area contributed by atoms with Crippen LogP contribution in [0.1, 0.15) is 34.3 Å². The van der Waals surface area contributed by atoms with Crippen LogP contribution >= 0.6 is 0 Å². The molecule has 2 N–H and O–H groups in total. The molecule has 0 aliphatic rings. The van der Waals surface area contributed by atoms with Gasteiger partial charge in [0.15, 0.2) is 11.6 Å². The molecule has 0 fully saturated rings. The highest BCUT2D eigenvalue weighted by atomic mass is 19.2. The van der Waals surface area contributed by atoms with E-state index < -0.39 is 17.7 Å². The number of benzene rings is 1. The lowest BCUT2D eigenvalue weighted by Gasteiger charge is -2.13. The molecule has 0 saturated carbocycles. The first-order chi connectivity index (χ1) is 8.41. The van der Waals surface area contributed by atoms with E-state index in [0.717, 1.165) is 0 Å². The van der Waals surface area contributed by atoms with Crippen LogP contribution in [0.25, 0.3) is 0 Å². The van der Waals surface area contributed by atoms with Crippen molar-refractivity contribution in [2.24, 2.45) is 5.73 Å². The zero-order valence-electron chi connectivity index (χ0n) is 10.6. The summed E-state index contributed by atoms with van der Waals surface area (Å²) in [4.78, 5) is 0. The number of halogens is 2. The van der Waals surface area contributed by atoms with E-state index in [1.807, 2.05) is 0 Å². The SMILES string of the molecule is Cc1cc(C(N)c2ccc(C)c(F)c2F)c(C)o1. The minimum absolute atomic E-state index is 0.141. The highest BCUT2D eigenvalue weighted by Crippen LogP contribution is 2.28. The topological polar surface area (TPSA) is 39.2 Å². The second-order valence-electron chi connectivity index (χ2n) is 4.45. The number of hydrogen-bond donors (Lipinski definition) is 1. The van der Waals surface area contributed by atoms with Gasteiger partial charge < -0.3 is 10.2 Å². The van der Waals surface area contributed by atoms with Crippen LogP contribution in [0.3, 0.4) is 0 Å². The summed E-state index contributed by atoms with van der Waals surface area (Å²) in [6.45, 7) is 5.06. The molecule has 0 radical (unpaired) electrons. The Morgan fingerprint density at radius 3 is 2.28 bits per heavy atom. The largest absolute Gasteiger partial charge is 0.466 e. The number of hydrogen-bond acceptors (Lipinski definition) is 2. The molecule has 1 atom stereocenters. The van der Waals surface area contributed by atoms with E-state index in [2.05, 4.69) is 0 Å². The van der Waals surface area contributed by atoms with Gasteiger partial charge in [-0.1, -0.05) is 12.1 Å². The second-order valence-corrected chi connectivity index (χ2v) is 4.45. The van der Waals surface area contributed by atoms with E-state index in [0.29, 0.717) is 17.1 Å². The molecular formula is C14H15F2NO. The lowest BCUT2D eigenvalue weighted by Crippen LogP contribution is -2.15. The Morgan fingerprint density at radius 2 is 1.72 bits per heavy atom. The standard InChI is InChI=1S/C14H15F2NO/c1-7-4-5-10(13(16)12(7)15)14(17)11-6-8(2)18-9(11)3/h4-6,14H,17H2,1-3H3. The van der Waals surface area contributed by atoms with Gasteiger partial charge in [0.1, 0.15) is 11.5 Å². The molecule has 1 heterocycles. The fourth-order valence-corrected chi connectivity index (χ4v) is 2.03. The first-order valence-corrected chi connectivity index (χ1v) is 5.68. The van der Waals surface area contributed by atoms with Gasteiger partial charge in [0, 0.05) is 11.1 Å². The number of aryl methyl sites for hydroxylation is 3. The number of furan rings is 1. The lowest BCUT2D eigenvalue weighted by atomic mass is 9.98. The Kier molecular flexibility index (Phi) is 3.22. The summed E-state index contributed by atoms with van der Waals surface area (Å²) >= 11 is 0. The van der Waals surface area contributed by atoms with Gasteiger partial charge in [-0.15, -0.1) is 0 Å². The molecule has 0 spiro atoms. The summed E-state index contributed by atoms with van der Waals surface area (Å²) in [5.74, 6) is -0.409. The molecule has 2 rings (SSSR count). The molecule has 4 heteroatoms. The first kappa shape index (κ1) is 12.8. The van der Waals surface area contributed by atoms with E-state index in [4.69, 9.17) is 10.2 Å². The molecule has 0 bridgehead atoms. The lowest BCUT2D eigenvalue weighted by molar-refractivity contribution is 0.484. The van der Waals surface area contributed by atoms with Crippen molar-refractivity contribution >= 4 is 0 Å². The van der Waals surface area contributed by atoms with Gasteiger partial charge in [0.2, 0.25) is 0 Å².